The van der Waals surface area contributed by atoms with E-state index >= 15 is 0 Å². The van der Waals surface area contributed by atoms with Crippen molar-refractivity contribution < 1.29 is 4.42 Å². The minimum absolute atomic E-state index is 0.492. The second-order valence-corrected chi connectivity index (χ2v) is 5.67. The van der Waals surface area contributed by atoms with Crippen LogP contribution in [0.1, 0.15) is 5.76 Å². The molecule has 0 aliphatic carbocycles. The highest BCUT2D eigenvalue weighted by Crippen LogP contribution is 2.36. The summed E-state index contributed by atoms with van der Waals surface area (Å²) in [5.74, 6) is 0.812. The molecule has 1 aromatic carbocycles. The van der Waals surface area contributed by atoms with Crippen molar-refractivity contribution in [3.63, 3.8) is 0 Å². The average molecular weight is 400 g/mol. The van der Waals surface area contributed by atoms with Crippen LogP contribution >= 0.6 is 55.1 Å². The van der Waals surface area contributed by atoms with Crippen LogP contribution in [-0.4, -0.2) is 0 Å². The molecule has 0 fully saturated rings. The minimum Gasteiger partial charge on any atom is -0.452 e. The number of nitrogens with one attached hydrogen (secondary N) is 1. The largest absolute Gasteiger partial charge is 0.452 e. The summed E-state index contributed by atoms with van der Waals surface area (Å²) in [7, 11) is 0. The molecule has 0 aliphatic rings. The zero-order valence-electron chi connectivity index (χ0n) is 8.44. The SMILES string of the molecule is Clc1c(Br)ccc(NCc2ccc(Br)o2)c1Cl. The quantitative estimate of drug-likeness (QED) is 0.667. The molecule has 0 saturated carbocycles. The van der Waals surface area contributed by atoms with Crippen molar-refractivity contribution in [1.82, 2.24) is 0 Å². The Morgan fingerprint density at radius 3 is 2.47 bits per heavy atom. The Morgan fingerprint density at radius 1 is 1.06 bits per heavy atom. The summed E-state index contributed by atoms with van der Waals surface area (Å²) in [5, 5.41) is 4.15. The van der Waals surface area contributed by atoms with E-state index in [9.17, 15) is 0 Å². The predicted molar refractivity (Wildman–Crippen MR) is 77.9 cm³/mol. The molecule has 0 radical (unpaired) electrons. The van der Waals surface area contributed by atoms with Gasteiger partial charge in [-0.05, 0) is 56.1 Å². The van der Waals surface area contributed by atoms with Crippen molar-refractivity contribution in [2.75, 3.05) is 5.32 Å². The van der Waals surface area contributed by atoms with Gasteiger partial charge in [0.25, 0.3) is 0 Å². The summed E-state index contributed by atoms with van der Waals surface area (Å²) in [6.07, 6.45) is 0. The molecule has 90 valence electrons. The van der Waals surface area contributed by atoms with Crippen LogP contribution in [0.2, 0.25) is 10.0 Å². The van der Waals surface area contributed by atoms with Crippen LogP contribution in [0.5, 0.6) is 0 Å². The second kappa shape index (κ2) is 5.65. The van der Waals surface area contributed by atoms with Gasteiger partial charge in [-0.25, -0.2) is 0 Å². The first-order valence-electron chi connectivity index (χ1n) is 4.69. The van der Waals surface area contributed by atoms with E-state index < -0.39 is 0 Å². The van der Waals surface area contributed by atoms with Crippen LogP contribution in [0.25, 0.3) is 0 Å². The van der Waals surface area contributed by atoms with Gasteiger partial charge in [0.05, 0.1) is 22.3 Å². The third-order valence-corrected chi connectivity index (χ3v) is 4.31. The number of anilines is 1. The molecular weight excluding hydrogens is 393 g/mol. The molecule has 0 unspecified atom stereocenters. The fourth-order valence-corrected chi connectivity index (χ4v) is 2.47. The molecular formula is C11H7Br2Cl2NO. The first kappa shape index (κ1) is 13.3. The van der Waals surface area contributed by atoms with Crippen LogP contribution < -0.4 is 5.32 Å². The van der Waals surface area contributed by atoms with Crippen LogP contribution in [0, 0.1) is 0 Å². The number of halogens is 4. The monoisotopic (exact) mass is 397 g/mol. The van der Waals surface area contributed by atoms with E-state index in [0.717, 1.165) is 15.9 Å². The summed E-state index contributed by atoms with van der Waals surface area (Å²) >= 11 is 18.7. The Labute approximate surface area is 126 Å². The third kappa shape index (κ3) is 3.19. The van der Waals surface area contributed by atoms with E-state index in [2.05, 4.69) is 37.2 Å². The van der Waals surface area contributed by atoms with Gasteiger partial charge in [-0.2, -0.15) is 0 Å². The topological polar surface area (TPSA) is 25.2 Å². The maximum absolute atomic E-state index is 6.11. The standard InChI is InChI=1S/C11H7Br2Cl2NO/c12-7-2-3-8(11(15)10(7)14)16-5-6-1-4-9(13)17-6/h1-4,16H,5H2. The summed E-state index contributed by atoms with van der Waals surface area (Å²) in [4.78, 5) is 0. The number of benzene rings is 1. The van der Waals surface area contributed by atoms with Gasteiger partial charge >= 0.3 is 0 Å². The zero-order valence-corrected chi connectivity index (χ0v) is 13.1. The first-order valence-corrected chi connectivity index (χ1v) is 7.03. The normalized spacial score (nSPS) is 10.6. The van der Waals surface area contributed by atoms with E-state index in [4.69, 9.17) is 27.6 Å². The summed E-state index contributed by atoms with van der Waals surface area (Å²) in [6.45, 7) is 0.545. The van der Waals surface area contributed by atoms with Gasteiger partial charge in [-0.3, -0.25) is 0 Å². The third-order valence-electron chi connectivity index (χ3n) is 2.12. The van der Waals surface area contributed by atoms with Crippen LogP contribution in [0.4, 0.5) is 5.69 Å². The van der Waals surface area contributed by atoms with E-state index in [1.165, 1.54) is 0 Å². The minimum atomic E-state index is 0.492. The van der Waals surface area contributed by atoms with Crippen molar-refractivity contribution in [3.05, 3.63) is 49.2 Å². The maximum atomic E-state index is 6.11. The van der Waals surface area contributed by atoms with Crippen molar-refractivity contribution in [2.24, 2.45) is 0 Å². The van der Waals surface area contributed by atoms with Crippen LogP contribution in [0.15, 0.2) is 37.8 Å². The molecule has 0 amide bonds. The Kier molecular flexibility index (Phi) is 4.42. The van der Waals surface area contributed by atoms with Gasteiger partial charge in [0.1, 0.15) is 5.76 Å². The molecule has 0 aliphatic heterocycles. The first-order chi connectivity index (χ1) is 8.08. The van der Waals surface area contributed by atoms with Gasteiger partial charge < -0.3 is 9.73 Å². The van der Waals surface area contributed by atoms with E-state index in [1.54, 1.807) is 0 Å². The van der Waals surface area contributed by atoms with E-state index in [1.807, 2.05) is 24.3 Å². The number of hydrogen-bond acceptors (Lipinski definition) is 2. The van der Waals surface area contributed by atoms with Crippen molar-refractivity contribution in [2.45, 2.75) is 6.54 Å². The summed E-state index contributed by atoms with van der Waals surface area (Å²) in [5.41, 5.74) is 0.771. The van der Waals surface area contributed by atoms with E-state index in [0.29, 0.717) is 21.3 Å². The molecule has 1 heterocycles. The smallest absolute Gasteiger partial charge is 0.169 e. The highest BCUT2D eigenvalue weighted by molar-refractivity contribution is 9.10. The Bertz CT molecular complexity index is 542. The molecule has 2 rings (SSSR count). The number of furan rings is 1. The number of hydrogen-bond donors (Lipinski definition) is 1. The molecule has 1 aromatic heterocycles. The lowest BCUT2D eigenvalue weighted by Gasteiger charge is -2.09. The second-order valence-electron chi connectivity index (χ2n) is 3.28. The Morgan fingerprint density at radius 2 is 1.82 bits per heavy atom. The zero-order chi connectivity index (χ0) is 12.4. The Balaban J connectivity index is 2.12. The van der Waals surface area contributed by atoms with Crippen molar-refractivity contribution >= 4 is 60.7 Å². The molecule has 0 spiro atoms. The van der Waals surface area contributed by atoms with Crippen molar-refractivity contribution in [1.29, 1.82) is 0 Å². The lowest BCUT2D eigenvalue weighted by atomic mass is 10.3. The highest BCUT2D eigenvalue weighted by Gasteiger charge is 2.08. The maximum Gasteiger partial charge on any atom is 0.169 e. The van der Waals surface area contributed by atoms with E-state index in [-0.39, 0.29) is 0 Å². The van der Waals surface area contributed by atoms with Crippen LogP contribution in [-0.2, 0) is 6.54 Å². The fourth-order valence-electron chi connectivity index (χ4n) is 1.29. The summed E-state index contributed by atoms with van der Waals surface area (Å²) < 4.78 is 6.84. The molecule has 2 aromatic rings. The lowest BCUT2D eigenvalue weighted by molar-refractivity contribution is 0.495. The van der Waals surface area contributed by atoms with Gasteiger partial charge in [-0.1, -0.05) is 23.2 Å². The van der Waals surface area contributed by atoms with Gasteiger partial charge in [0, 0.05) is 4.47 Å². The fraction of sp³-hybridized carbons (Fsp3) is 0.0909. The van der Waals surface area contributed by atoms with Gasteiger partial charge in [0.2, 0.25) is 0 Å². The molecule has 2 nitrogen and oxygen atoms in total. The molecule has 17 heavy (non-hydrogen) atoms. The van der Waals surface area contributed by atoms with Crippen molar-refractivity contribution in [3.8, 4) is 0 Å². The average Bonchev–Trinajstić information content (AvgIpc) is 2.71. The molecule has 0 bridgehead atoms. The highest BCUT2D eigenvalue weighted by atomic mass is 79.9. The predicted octanol–water partition coefficient (Wildman–Crippen LogP) is 5.72. The van der Waals surface area contributed by atoms with Gasteiger partial charge in [-0.15, -0.1) is 0 Å². The Hall–Kier alpha value is -0.160. The molecule has 0 atom stereocenters. The van der Waals surface area contributed by atoms with Crippen LogP contribution in [0.3, 0.4) is 0 Å². The summed E-state index contributed by atoms with van der Waals surface area (Å²) in [6, 6.07) is 7.42. The lowest BCUT2D eigenvalue weighted by Crippen LogP contribution is -1.98. The molecule has 6 heteroatoms. The molecule has 0 saturated heterocycles. The number of rotatable bonds is 3. The molecule has 1 N–H and O–H groups in total. The van der Waals surface area contributed by atoms with Gasteiger partial charge in [0.15, 0.2) is 4.67 Å².